The standard InChI is InChI=1S/C8H14N2O4/c1-14-8(13)3-2-4-10-7(12)5-6(9)11/h2-5H2,1H3,(H2,9,11)(H,10,12). The Bertz CT molecular complexity index is 227. The van der Waals surface area contributed by atoms with Gasteiger partial charge in [0.25, 0.3) is 0 Å². The molecule has 6 heteroatoms. The lowest BCUT2D eigenvalue weighted by molar-refractivity contribution is -0.141. The number of nitrogens with one attached hydrogen (secondary N) is 1. The van der Waals surface area contributed by atoms with Gasteiger partial charge in [0.15, 0.2) is 0 Å². The Morgan fingerprint density at radius 2 is 2.00 bits per heavy atom. The minimum Gasteiger partial charge on any atom is -0.469 e. The van der Waals surface area contributed by atoms with E-state index in [9.17, 15) is 14.4 Å². The molecule has 2 amide bonds. The van der Waals surface area contributed by atoms with Crippen molar-refractivity contribution in [3.63, 3.8) is 0 Å². The normalized spacial score (nSPS) is 9.21. The summed E-state index contributed by atoms with van der Waals surface area (Å²) in [4.78, 5) is 31.7. The molecule has 14 heavy (non-hydrogen) atoms. The second-order valence-electron chi connectivity index (χ2n) is 2.67. The van der Waals surface area contributed by atoms with Crippen LogP contribution in [0.3, 0.4) is 0 Å². The number of hydrogen-bond donors (Lipinski definition) is 2. The van der Waals surface area contributed by atoms with Gasteiger partial charge >= 0.3 is 5.97 Å². The van der Waals surface area contributed by atoms with E-state index in [4.69, 9.17) is 5.73 Å². The largest absolute Gasteiger partial charge is 0.469 e. The Hall–Kier alpha value is -1.59. The highest BCUT2D eigenvalue weighted by Gasteiger charge is 2.05. The molecule has 0 fully saturated rings. The minimum atomic E-state index is -0.671. The Morgan fingerprint density at radius 3 is 2.50 bits per heavy atom. The van der Waals surface area contributed by atoms with Gasteiger partial charge in [0.2, 0.25) is 11.8 Å². The quantitative estimate of drug-likeness (QED) is 0.325. The summed E-state index contributed by atoms with van der Waals surface area (Å²) in [6.07, 6.45) is 0.406. The maximum absolute atomic E-state index is 10.8. The first-order valence-corrected chi connectivity index (χ1v) is 4.18. The summed E-state index contributed by atoms with van der Waals surface area (Å²) in [6.45, 7) is 0.335. The average Bonchev–Trinajstić information content (AvgIpc) is 2.10. The molecule has 80 valence electrons. The molecular weight excluding hydrogens is 188 g/mol. The van der Waals surface area contributed by atoms with Crippen molar-refractivity contribution >= 4 is 17.8 Å². The van der Waals surface area contributed by atoms with Gasteiger partial charge < -0.3 is 15.8 Å². The second-order valence-corrected chi connectivity index (χ2v) is 2.67. The summed E-state index contributed by atoms with van der Waals surface area (Å²) >= 11 is 0. The lowest BCUT2D eigenvalue weighted by atomic mass is 10.3. The third-order valence-corrected chi connectivity index (χ3v) is 1.44. The van der Waals surface area contributed by atoms with E-state index in [0.717, 1.165) is 0 Å². The highest BCUT2D eigenvalue weighted by atomic mass is 16.5. The average molecular weight is 202 g/mol. The van der Waals surface area contributed by atoms with E-state index >= 15 is 0 Å². The van der Waals surface area contributed by atoms with Gasteiger partial charge in [-0.05, 0) is 6.42 Å². The Morgan fingerprint density at radius 1 is 1.36 bits per heavy atom. The molecule has 0 rings (SSSR count). The van der Waals surface area contributed by atoms with Gasteiger partial charge in [0.1, 0.15) is 6.42 Å². The monoisotopic (exact) mass is 202 g/mol. The zero-order valence-electron chi connectivity index (χ0n) is 8.04. The van der Waals surface area contributed by atoms with Crippen LogP contribution < -0.4 is 11.1 Å². The molecule has 0 radical (unpaired) electrons. The predicted octanol–water partition coefficient (Wildman–Crippen LogP) is -1.07. The van der Waals surface area contributed by atoms with Crippen LogP contribution >= 0.6 is 0 Å². The van der Waals surface area contributed by atoms with E-state index in [2.05, 4.69) is 10.1 Å². The topological polar surface area (TPSA) is 98.5 Å². The van der Waals surface area contributed by atoms with Crippen molar-refractivity contribution in [2.24, 2.45) is 5.73 Å². The molecule has 0 spiro atoms. The maximum atomic E-state index is 10.8. The Labute approximate surface area is 81.8 Å². The van der Waals surface area contributed by atoms with Gasteiger partial charge in [0.05, 0.1) is 7.11 Å². The smallest absolute Gasteiger partial charge is 0.305 e. The van der Waals surface area contributed by atoms with Crippen molar-refractivity contribution in [2.45, 2.75) is 19.3 Å². The third-order valence-electron chi connectivity index (χ3n) is 1.44. The first-order valence-electron chi connectivity index (χ1n) is 4.18. The number of carbonyl (C=O) groups is 3. The number of amides is 2. The van der Waals surface area contributed by atoms with Crippen LogP contribution in [-0.2, 0) is 19.1 Å². The van der Waals surface area contributed by atoms with Gasteiger partial charge in [-0.3, -0.25) is 14.4 Å². The summed E-state index contributed by atoms with van der Waals surface area (Å²) in [7, 11) is 1.30. The summed E-state index contributed by atoms with van der Waals surface area (Å²) in [5.74, 6) is -1.42. The number of ether oxygens (including phenoxy) is 1. The first kappa shape index (κ1) is 12.4. The van der Waals surface area contributed by atoms with Gasteiger partial charge in [-0.2, -0.15) is 0 Å². The van der Waals surface area contributed by atoms with Crippen molar-refractivity contribution in [1.82, 2.24) is 5.32 Å². The SMILES string of the molecule is COC(=O)CCCNC(=O)CC(N)=O. The molecule has 6 nitrogen and oxygen atoms in total. The number of primary amides is 1. The summed E-state index contributed by atoms with van der Waals surface area (Å²) in [5.41, 5.74) is 4.79. The van der Waals surface area contributed by atoms with Crippen molar-refractivity contribution < 1.29 is 19.1 Å². The molecular formula is C8H14N2O4. The van der Waals surface area contributed by atoms with Crippen LogP contribution in [0, 0.1) is 0 Å². The number of rotatable bonds is 6. The fourth-order valence-corrected chi connectivity index (χ4v) is 0.783. The van der Waals surface area contributed by atoms with E-state index in [-0.39, 0.29) is 18.8 Å². The number of carbonyl (C=O) groups excluding carboxylic acids is 3. The van der Waals surface area contributed by atoms with Crippen LogP contribution in [0.15, 0.2) is 0 Å². The van der Waals surface area contributed by atoms with E-state index in [0.29, 0.717) is 13.0 Å². The lowest BCUT2D eigenvalue weighted by Crippen LogP contribution is -2.29. The minimum absolute atomic E-state index is 0.243. The molecule has 0 unspecified atom stereocenters. The molecule has 0 atom stereocenters. The van der Waals surface area contributed by atoms with Crippen molar-refractivity contribution in [3.05, 3.63) is 0 Å². The zero-order valence-corrected chi connectivity index (χ0v) is 8.04. The fourth-order valence-electron chi connectivity index (χ4n) is 0.783. The summed E-state index contributed by atoms with van der Waals surface area (Å²) in [5, 5.41) is 2.45. The molecule has 3 N–H and O–H groups in total. The lowest BCUT2D eigenvalue weighted by Gasteiger charge is -2.02. The van der Waals surface area contributed by atoms with Crippen molar-refractivity contribution in [1.29, 1.82) is 0 Å². The van der Waals surface area contributed by atoms with E-state index < -0.39 is 11.8 Å². The van der Waals surface area contributed by atoms with E-state index in [1.54, 1.807) is 0 Å². The van der Waals surface area contributed by atoms with Crippen molar-refractivity contribution in [3.8, 4) is 0 Å². The Balaban J connectivity index is 3.40. The summed E-state index contributed by atoms with van der Waals surface area (Å²) in [6, 6.07) is 0. The predicted molar refractivity (Wildman–Crippen MR) is 48.1 cm³/mol. The summed E-state index contributed by atoms with van der Waals surface area (Å²) < 4.78 is 4.40. The first-order chi connectivity index (χ1) is 6.56. The maximum Gasteiger partial charge on any atom is 0.305 e. The molecule has 0 saturated carbocycles. The number of esters is 1. The molecule has 0 bridgehead atoms. The second kappa shape index (κ2) is 6.88. The van der Waals surface area contributed by atoms with Crippen LogP contribution in [0.25, 0.3) is 0 Å². The number of methoxy groups -OCH3 is 1. The highest BCUT2D eigenvalue weighted by Crippen LogP contribution is 1.89. The van der Waals surface area contributed by atoms with E-state index in [1.165, 1.54) is 7.11 Å². The van der Waals surface area contributed by atoms with Crippen LogP contribution in [0.4, 0.5) is 0 Å². The molecule has 0 aliphatic heterocycles. The third kappa shape index (κ3) is 7.08. The van der Waals surface area contributed by atoms with Gasteiger partial charge in [-0.25, -0.2) is 0 Å². The number of hydrogen-bond acceptors (Lipinski definition) is 4. The molecule has 0 saturated heterocycles. The van der Waals surface area contributed by atoms with Gasteiger partial charge in [-0.1, -0.05) is 0 Å². The molecule has 0 aliphatic carbocycles. The highest BCUT2D eigenvalue weighted by molar-refractivity contribution is 5.95. The molecule has 0 heterocycles. The Kier molecular flexibility index (Phi) is 6.09. The van der Waals surface area contributed by atoms with Crippen LogP contribution in [0.2, 0.25) is 0 Å². The van der Waals surface area contributed by atoms with Crippen LogP contribution in [0.1, 0.15) is 19.3 Å². The fraction of sp³-hybridized carbons (Fsp3) is 0.625. The van der Waals surface area contributed by atoms with Crippen LogP contribution in [0.5, 0.6) is 0 Å². The molecule has 0 aromatic rings. The molecule has 0 aromatic carbocycles. The van der Waals surface area contributed by atoms with Gasteiger partial charge in [0, 0.05) is 13.0 Å². The van der Waals surface area contributed by atoms with Crippen LogP contribution in [-0.4, -0.2) is 31.4 Å². The number of nitrogens with two attached hydrogens (primary N) is 1. The molecule has 0 aliphatic rings. The van der Waals surface area contributed by atoms with E-state index in [1.807, 2.05) is 0 Å². The molecule has 0 aromatic heterocycles. The van der Waals surface area contributed by atoms with Crippen molar-refractivity contribution in [2.75, 3.05) is 13.7 Å². The van der Waals surface area contributed by atoms with Gasteiger partial charge in [-0.15, -0.1) is 0 Å². The zero-order chi connectivity index (χ0) is 11.0.